The molecule has 0 spiro atoms. The van der Waals surface area contributed by atoms with Crippen molar-refractivity contribution in [3.8, 4) is 5.75 Å². The summed E-state index contributed by atoms with van der Waals surface area (Å²) < 4.78 is 6.12. The fourth-order valence-corrected chi connectivity index (χ4v) is 2.07. The Morgan fingerprint density at radius 2 is 2.25 bits per heavy atom. The zero-order valence-corrected chi connectivity index (χ0v) is 11.1. The van der Waals surface area contributed by atoms with Crippen molar-refractivity contribution in [3.63, 3.8) is 0 Å². The Morgan fingerprint density at radius 3 is 2.81 bits per heavy atom. The lowest BCUT2D eigenvalue weighted by Crippen LogP contribution is -2.05. The van der Waals surface area contributed by atoms with Crippen molar-refractivity contribution < 1.29 is 14.6 Å². The minimum absolute atomic E-state index is 0.0452. The molecule has 0 unspecified atom stereocenters. The van der Waals surface area contributed by atoms with Crippen LogP contribution in [0.3, 0.4) is 0 Å². The number of carbonyl (C=O) groups is 1. The first-order valence-electron chi connectivity index (χ1n) is 4.80. The summed E-state index contributed by atoms with van der Waals surface area (Å²) in [5, 5.41) is 9.04. The van der Waals surface area contributed by atoms with E-state index in [2.05, 4.69) is 15.9 Å². The number of aliphatic hydroxyl groups is 1. The van der Waals surface area contributed by atoms with Crippen LogP contribution in [0.15, 0.2) is 16.6 Å². The maximum Gasteiger partial charge on any atom is 0.163 e. The molecule has 88 valence electrons. The van der Waals surface area contributed by atoms with Gasteiger partial charge < -0.3 is 9.84 Å². The monoisotopic (exact) mass is 306 g/mol. The normalized spacial score (nSPS) is 10.2. The van der Waals surface area contributed by atoms with Crippen LogP contribution in [0.2, 0.25) is 5.02 Å². The lowest BCUT2D eigenvalue weighted by Gasteiger charge is -2.11. The molecule has 1 aromatic rings. The van der Waals surface area contributed by atoms with Gasteiger partial charge in [-0.1, -0.05) is 27.5 Å². The third kappa shape index (κ3) is 3.47. The van der Waals surface area contributed by atoms with Crippen molar-refractivity contribution in [1.29, 1.82) is 0 Å². The van der Waals surface area contributed by atoms with E-state index in [1.54, 1.807) is 12.1 Å². The molecule has 0 aliphatic carbocycles. The molecule has 0 fully saturated rings. The minimum atomic E-state index is -0.109. The third-order valence-corrected chi connectivity index (χ3v) is 2.68. The van der Waals surface area contributed by atoms with Crippen LogP contribution in [0.5, 0.6) is 5.75 Å². The van der Waals surface area contributed by atoms with Gasteiger partial charge in [-0.05, 0) is 19.1 Å². The molecule has 3 nitrogen and oxygen atoms in total. The maximum atomic E-state index is 11.4. The molecule has 0 radical (unpaired) electrons. The number of carbonyl (C=O) groups excluding carboxylic acids is 1. The van der Waals surface area contributed by atoms with Crippen molar-refractivity contribution in [2.45, 2.75) is 13.3 Å². The number of halogens is 2. The molecule has 5 heteroatoms. The maximum absolute atomic E-state index is 11.4. The quantitative estimate of drug-likeness (QED) is 0.672. The Bertz CT molecular complexity index is 393. The second-order valence-electron chi connectivity index (χ2n) is 3.25. The van der Waals surface area contributed by atoms with E-state index in [1.807, 2.05) is 0 Å². The molecule has 0 aliphatic rings. The molecule has 1 rings (SSSR count). The van der Waals surface area contributed by atoms with Gasteiger partial charge in [0.15, 0.2) is 5.78 Å². The van der Waals surface area contributed by atoms with Gasteiger partial charge in [-0.15, -0.1) is 0 Å². The van der Waals surface area contributed by atoms with Crippen LogP contribution < -0.4 is 4.74 Å². The summed E-state index contributed by atoms with van der Waals surface area (Å²) in [7, 11) is 0. The molecule has 1 aromatic carbocycles. The Balaban J connectivity index is 2.99. The number of hydrogen-bond donors (Lipinski definition) is 1. The average Bonchev–Trinajstić information content (AvgIpc) is 2.20. The molecule has 0 saturated heterocycles. The van der Waals surface area contributed by atoms with E-state index in [9.17, 15) is 4.79 Å². The molecule has 0 bridgehead atoms. The molecular weight excluding hydrogens is 295 g/mol. The summed E-state index contributed by atoms with van der Waals surface area (Å²) in [6, 6.07) is 3.34. The number of Topliss-reactive ketones (excluding diaryl/α,β-unsaturated/α-hetero) is 1. The van der Waals surface area contributed by atoms with Crippen LogP contribution in [0.1, 0.15) is 23.7 Å². The molecule has 0 heterocycles. The molecule has 0 aliphatic heterocycles. The number of ketones is 1. The molecule has 0 saturated carbocycles. The highest BCUT2D eigenvalue weighted by Crippen LogP contribution is 2.32. The predicted octanol–water partition coefficient (Wildman–Crippen LogP) is 3.07. The largest absolute Gasteiger partial charge is 0.491 e. The Kier molecular flexibility index (Phi) is 5.25. The van der Waals surface area contributed by atoms with Gasteiger partial charge in [0.1, 0.15) is 5.75 Å². The molecular formula is C11H12BrClO3. The lowest BCUT2D eigenvalue weighted by molar-refractivity contribution is 0.101. The minimum Gasteiger partial charge on any atom is -0.491 e. The lowest BCUT2D eigenvalue weighted by atomic mass is 10.1. The van der Waals surface area contributed by atoms with E-state index in [0.717, 1.165) is 4.47 Å². The summed E-state index contributed by atoms with van der Waals surface area (Å²) in [6.45, 7) is 1.83. The van der Waals surface area contributed by atoms with Crippen LogP contribution in [0, 0.1) is 0 Å². The average molecular weight is 308 g/mol. The zero-order chi connectivity index (χ0) is 12.1. The molecule has 16 heavy (non-hydrogen) atoms. The Labute approximate surface area is 107 Å². The van der Waals surface area contributed by atoms with Crippen molar-refractivity contribution in [2.24, 2.45) is 0 Å². The van der Waals surface area contributed by atoms with Crippen LogP contribution in [-0.2, 0) is 0 Å². The third-order valence-electron chi connectivity index (χ3n) is 1.94. The number of benzene rings is 1. The van der Waals surface area contributed by atoms with Gasteiger partial charge in [0, 0.05) is 17.5 Å². The predicted molar refractivity (Wildman–Crippen MR) is 66.4 cm³/mol. The van der Waals surface area contributed by atoms with Gasteiger partial charge in [0.05, 0.1) is 17.2 Å². The van der Waals surface area contributed by atoms with E-state index in [-0.39, 0.29) is 12.4 Å². The van der Waals surface area contributed by atoms with E-state index < -0.39 is 0 Å². The Hall–Kier alpha value is -0.580. The van der Waals surface area contributed by atoms with E-state index in [1.165, 1.54) is 6.92 Å². The highest BCUT2D eigenvalue weighted by Gasteiger charge is 2.13. The SMILES string of the molecule is CC(=O)c1cc(Br)cc(Cl)c1OCCCO. The van der Waals surface area contributed by atoms with Crippen LogP contribution in [0.25, 0.3) is 0 Å². The van der Waals surface area contributed by atoms with E-state index in [0.29, 0.717) is 29.4 Å². The standard InChI is InChI=1S/C11H12BrClO3/c1-7(15)9-5-8(12)6-10(13)11(9)16-4-2-3-14/h5-6,14H,2-4H2,1H3. The van der Waals surface area contributed by atoms with Crippen molar-refractivity contribution >= 4 is 33.3 Å². The first-order chi connectivity index (χ1) is 7.56. The summed E-state index contributed by atoms with van der Waals surface area (Å²) in [6.07, 6.45) is 0.504. The summed E-state index contributed by atoms with van der Waals surface area (Å²) in [4.78, 5) is 11.4. The van der Waals surface area contributed by atoms with Gasteiger partial charge in [0.25, 0.3) is 0 Å². The fourth-order valence-electron chi connectivity index (χ4n) is 1.21. The molecule has 0 atom stereocenters. The first kappa shape index (κ1) is 13.5. The fraction of sp³-hybridized carbons (Fsp3) is 0.364. The van der Waals surface area contributed by atoms with Crippen LogP contribution >= 0.6 is 27.5 Å². The van der Waals surface area contributed by atoms with Gasteiger partial charge in [-0.25, -0.2) is 0 Å². The van der Waals surface area contributed by atoms with Crippen molar-refractivity contribution in [3.05, 3.63) is 27.2 Å². The smallest absolute Gasteiger partial charge is 0.163 e. The Morgan fingerprint density at radius 1 is 1.56 bits per heavy atom. The zero-order valence-electron chi connectivity index (χ0n) is 8.80. The number of aliphatic hydroxyl groups excluding tert-OH is 1. The second-order valence-corrected chi connectivity index (χ2v) is 4.57. The van der Waals surface area contributed by atoms with Crippen molar-refractivity contribution in [2.75, 3.05) is 13.2 Å². The van der Waals surface area contributed by atoms with Gasteiger partial charge in [-0.2, -0.15) is 0 Å². The number of rotatable bonds is 5. The van der Waals surface area contributed by atoms with E-state index in [4.69, 9.17) is 21.4 Å². The van der Waals surface area contributed by atoms with Crippen LogP contribution in [0.4, 0.5) is 0 Å². The number of ether oxygens (including phenoxy) is 1. The first-order valence-corrected chi connectivity index (χ1v) is 5.97. The van der Waals surface area contributed by atoms with Gasteiger partial charge in [-0.3, -0.25) is 4.79 Å². The van der Waals surface area contributed by atoms with E-state index >= 15 is 0 Å². The summed E-state index contributed by atoms with van der Waals surface area (Å²) >= 11 is 9.25. The number of hydrogen-bond acceptors (Lipinski definition) is 3. The highest BCUT2D eigenvalue weighted by atomic mass is 79.9. The molecule has 0 aromatic heterocycles. The summed E-state index contributed by atoms with van der Waals surface area (Å²) in [5.74, 6) is 0.271. The van der Waals surface area contributed by atoms with Crippen LogP contribution in [-0.4, -0.2) is 24.1 Å². The highest BCUT2D eigenvalue weighted by molar-refractivity contribution is 9.10. The topological polar surface area (TPSA) is 46.5 Å². The molecule has 1 N–H and O–H groups in total. The summed E-state index contributed by atoms with van der Waals surface area (Å²) in [5.41, 5.74) is 0.442. The molecule has 0 amide bonds. The second kappa shape index (κ2) is 6.23. The van der Waals surface area contributed by atoms with Crippen molar-refractivity contribution in [1.82, 2.24) is 0 Å². The van der Waals surface area contributed by atoms with Gasteiger partial charge in [0.2, 0.25) is 0 Å². The van der Waals surface area contributed by atoms with Gasteiger partial charge >= 0.3 is 0 Å².